The smallest absolute Gasteiger partial charge is 0.191 e. The first-order valence-electron chi connectivity index (χ1n) is 13.1. The van der Waals surface area contributed by atoms with Gasteiger partial charge in [-0.3, -0.25) is 0 Å². The Balaban J connectivity index is 1.67. The van der Waals surface area contributed by atoms with Crippen LogP contribution in [0.5, 0.6) is 0 Å². The molecule has 3 aliphatic carbocycles. The van der Waals surface area contributed by atoms with Crippen molar-refractivity contribution in [1.82, 2.24) is 4.90 Å². The molecule has 2 N–H and O–H groups in total. The van der Waals surface area contributed by atoms with Crippen LogP contribution in [0.15, 0.2) is 4.99 Å². The molecule has 0 aromatic rings. The number of aldehydes is 1. The topological polar surface area (TPSA) is 58.7 Å². The predicted molar refractivity (Wildman–Crippen MR) is 127 cm³/mol. The van der Waals surface area contributed by atoms with E-state index in [-0.39, 0.29) is 0 Å². The van der Waals surface area contributed by atoms with Gasteiger partial charge in [-0.05, 0) is 49.9 Å². The standard InChI is InChI=1S/C26H47N3O/c1-29(20-24-15-9-4-10-16-24)25(27)28-26(21-30,19-23-13-7-3-8-14-23)18-17-22-11-5-2-6-12-22/h21-24H,2-20H2,1H3,(H2,27,28)/t26-/m1/s1. The summed E-state index contributed by atoms with van der Waals surface area (Å²) in [4.78, 5) is 19.7. The Kier molecular flexibility index (Phi) is 9.52. The van der Waals surface area contributed by atoms with Crippen LogP contribution in [-0.2, 0) is 4.79 Å². The van der Waals surface area contributed by atoms with Crippen LogP contribution in [0.2, 0.25) is 0 Å². The molecule has 30 heavy (non-hydrogen) atoms. The summed E-state index contributed by atoms with van der Waals surface area (Å²) in [6, 6.07) is 0. The van der Waals surface area contributed by atoms with E-state index in [2.05, 4.69) is 11.9 Å². The van der Waals surface area contributed by atoms with Gasteiger partial charge in [0.05, 0.1) is 0 Å². The number of hydrogen-bond donors (Lipinski definition) is 1. The van der Waals surface area contributed by atoms with Gasteiger partial charge >= 0.3 is 0 Å². The Hall–Kier alpha value is -1.06. The lowest BCUT2D eigenvalue weighted by atomic mass is 9.76. The van der Waals surface area contributed by atoms with E-state index in [9.17, 15) is 4.79 Å². The molecule has 3 rings (SSSR count). The van der Waals surface area contributed by atoms with Crippen LogP contribution in [0.1, 0.15) is 116 Å². The highest BCUT2D eigenvalue weighted by Gasteiger charge is 2.35. The Morgan fingerprint density at radius 3 is 1.90 bits per heavy atom. The van der Waals surface area contributed by atoms with Crippen LogP contribution >= 0.6 is 0 Å². The van der Waals surface area contributed by atoms with E-state index in [1.807, 2.05) is 0 Å². The minimum atomic E-state index is -0.607. The summed E-state index contributed by atoms with van der Waals surface area (Å²) in [6.45, 7) is 0.982. The van der Waals surface area contributed by atoms with Crippen LogP contribution in [-0.4, -0.2) is 36.3 Å². The zero-order valence-corrected chi connectivity index (χ0v) is 19.6. The Labute approximate surface area is 185 Å². The Morgan fingerprint density at radius 1 is 0.867 bits per heavy atom. The minimum absolute atomic E-state index is 0.590. The first-order chi connectivity index (χ1) is 14.6. The first-order valence-corrected chi connectivity index (χ1v) is 13.1. The quantitative estimate of drug-likeness (QED) is 0.281. The fraction of sp³-hybridized carbons (Fsp3) is 0.923. The lowest BCUT2D eigenvalue weighted by molar-refractivity contribution is -0.113. The first kappa shape index (κ1) is 23.6. The van der Waals surface area contributed by atoms with Gasteiger partial charge in [0.25, 0.3) is 0 Å². The van der Waals surface area contributed by atoms with Gasteiger partial charge in [0.15, 0.2) is 5.96 Å². The molecule has 172 valence electrons. The molecule has 1 atom stereocenters. The SMILES string of the molecule is CN(CC1CCCCC1)C(N)=N[C@](C=O)(CCC1CCCCC1)CC1CCCCC1. The van der Waals surface area contributed by atoms with Crippen molar-refractivity contribution < 1.29 is 4.79 Å². The van der Waals surface area contributed by atoms with Crippen LogP contribution in [0.4, 0.5) is 0 Å². The van der Waals surface area contributed by atoms with Crippen molar-refractivity contribution >= 4 is 12.2 Å². The van der Waals surface area contributed by atoms with E-state index in [4.69, 9.17) is 10.7 Å². The van der Waals surface area contributed by atoms with Crippen LogP contribution in [0.25, 0.3) is 0 Å². The summed E-state index contributed by atoms with van der Waals surface area (Å²) in [7, 11) is 2.07. The summed E-state index contributed by atoms with van der Waals surface area (Å²) in [5, 5.41) is 0. The van der Waals surface area contributed by atoms with E-state index in [0.717, 1.165) is 37.6 Å². The zero-order chi connectivity index (χ0) is 21.2. The molecule has 3 fully saturated rings. The molecule has 0 aromatic heterocycles. The molecule has 4 heteroatoms. The average Bonchev–Trinajstić information content (AvgIpc) is 2.79. The Morgan fingerprint density at radius 2 is 1.37 bits per heavy atom. The van der Waals surface area contributed by atoms with Crippen molar-refractivity contribution in [2.24, 2.45) is 28.5 Å². The highest BCUT2D eigenvalue weighted by atomic mass is 16.1. The molecule has 4 nitrogen and oxygen atoms in total. The van der Waals surface area contributed by atoms with E-state index < -0.39 is 5.54 Å². The van der Waals surface area contributed by atoms with Gasteiger partial charge in [-0.2, -0.15) is 0 Å². The molecule has 0 heterocycles. The third-order valence-corrected chi connectivity index (χ3v) is 8.28. The fourth-order valence-corrected chi connectivity index (χ4v) is 6.32. The molecule has 3 aliphatic rings. The number of guanidine groups is 1. The van der Waals surface area contributed by atoms with E-state index >= 15 is 0 Å². The summed E-state index contributed by atoms with van der Waals surface area (Å²) >= 11 is 0. The molecule has 0 unspecified atom stereocenters. The van der Waals surface area contributed by atoms with E-state index in [0.29, 0.717) is 11.9 Å². The second kappa shape index (κ2) is 12.1. The highest BCUT2D eigenvalue weighted by molar-refractivity contribution is 5.81. The van der Waals surface area contributed by atoms with Crippen molar-refractivity contribution in [3.63, 3.8) is 0 Å². The summed E-state index contributed by atoms with van der Waals surface area (Å²) in [6.07, 6.45) is 24.0. The van der Waals surface area contributed by atoms with Crippen LogP contribution in [0, 0.1) is 17.8 Å². The van der Waals surface area contributed by atoms with Crippen molar-refractivity contribution in [2.45, 2.75) is 121 Å². The number of aliphatic imine (C=N–C) groups is 1. The fourth-order valence-electron chi connectivity index (χ4n) is 6.32. The third kappa shape index (κ3) is 7.27. The normalized spacial score (nSPS) is 25.0. The minimum Gasteiger partial charge on any atom is -0.370 e. The molecule has 0 saturated heterocycles. The van der Waals surface area contributed by atoms with Gasteiger partial charge in [-0.15, -0.1) is 0 Å². The largest absolute Gasteiger partial charge is 0.370 e. The van der Waals surface area contributed by atoms with Gasteiger partial charge in [0.2, 0.25) is 0 Å². The molecule has 0 aliphatic heterocycles. The zero-order valence-electron chi connectivity index (χ0n) is 19.6. The molecule has 0 spiro atoms. The second-order valence-electron chi connectivity index (χ2n) is 10.8. The number of carbonyl (C=O) groups is 1. The lowest BCUT2D eigenvalue weighted by Gasteiger charge is -2.34. The van der Waals surface area contributed by atoms with Gasteiger partial charge in [0, 0.05) is 13.6 Å². The maximum Gasteiger partial charge on any atom is 0.191 e. The Bertz CT molecular complexity index is 530. The number of carbonyl (C=O) groups excluding carboxylic acids is 1. The van der Waals surface area contributed by atoms with Gasteiger partial charge < -0.3 is 15.4 Å². The van der Waals surface area contributed by atoms with E-state index in [1.165, 1.54) is 103 Å². The van der Waals surface area contributed by atoms with Crippen molar-refractivity contribution in [2.75, 3.05) is 13.6 Å². The van der Waals surface area contributed by atoms with Crippen molar-refractivity contribution in [3.8, 4) is 0 Å². The predicted octanol–water partition coefficient (Wildman–Crippen LogP) is 6.08. The molecule has 0 radical (unpaired) electrons. The van der Waals surface area contributed by atoms with Crippen molar-refractivity contribution in [1.29, 1.82) is 0 Å². The maximum absolute atomic E-state index is 12.5. The number of nitrogens with two attached hydrogens (primary N) is 1. The summed E-state index contributed by atoms with van der Waals surface area (Å²) in [5.74, 6) is 2.73. The third-order valence-electron chi connectivity index (χ3n) is 8.28. The number of rotatable bonds is 9. The maximum atomic E-state index is 12.5. The van der Waals surface area contributed by atoms with Crippen LogP contribution in [0.3, 0.4) is 0 Å². The highest BCUT2D eigenvalue weighted by Crippen LogP contribution is 2.37. The van der Waals surface area contributed by atoms with Gasteiger partial charge in [-0.25, -0.2) is 4.99 Å². The van der Waals surface area contributed by atoms with E-state index in [1.54, 1.807) is 0 Å². The monoisotopic (exact) mass is 417 g/mol. The lowest BCUT2D eigenvalue weighted by Crippen LogP contribution is -2.43. The van der Waals surface area contributed by atoms with Gasteiger partial charge in [-0.1, -0.05) is 83.5 Å². The summed E-state index contributed by atoms with van der Waals surface area (Å²) in [5.41, 5.74) is 5.92. The average molecular weight is 418 g/mol. The molecule has 0 bridgehead atoms. The number of hydrogen-bond acceptors (Lipinski definition) is 2. The molecular weight excluding hydrogens is 370 g/mol. The van der Waals surface area contributed by atoms with Crippen LogP contribution < -0.4 is 5.73 Å². The molecule has 3 saturated carbocycles. The number of nitrogens with zero attached hydrogens (tertiary/aromatic N) is 2. The second-order valence-corrected chi connectivity index (χ2v) is 10.8. The van der Waals surface area contributed by atoms with Gasteiger partial charge in [0.1, 0.15) is 11.8 Å². The molecular formula is C26H47N3O. The van der Waals surface area contributed by atoms with Crippen molar-refractivity contribution in [3.05, 3.63) is 0 Å². The molecule has 0 aromatic carbocycles. The molecule has 0 amide bonds. The summed E-state index contributed by atoms with van der Waals surface area (Å²) < 4.78 is 0.